The molecule has 0 radical (unpaired) electrons. The molecule has 0 aliphatic heterocycles. The van der Waals surface area contributed by atoms with Gasteiger partial charge in [-0.2, -0.15) is 0 Å². The van der Waals surface area contributed by atoms with Gasteiger partial charge in [0, 0.05) is 14.2 Å². The lowest BCUT2D eigenvalue weighted by molar-refractivity contribution is 0.0153. The van der Waals surface area contributed by atoms with Gasteiger partial charge in [-0.15, -0.1) is 0 Å². The minimum atomic E-state index is -0.305. The van der Waals surface area contributed by atoms with Crippen LogP contribution < -0.4 is 0 Å². The van der Waals surface area contributed by atoms with Crippen molar-refractivity contribution in [2.45, 2.75) is 44.3 Å². The second kappa shape index (κ2) is 6.38. The first-order valence-electron chi connectivity index (χ1n) is 5.46. The van der Waals surface area contributed by atoms with Crippen molar-refractivity contribution in [1.82, 2.24) is 0 Å². The van der Waals surface area contributed by atoms with Gasteiger partial charge in [0.15, 0.2) is 0 Å². The van der Waals surface area contributed by atoms with Crippen molar-refractivity contribution in [1.29, 1.82) is 0 Å². The van der Waals surface area contributed by atoms with E-state index < -0.39 is 0 Å². The Morgan fingerprint density at radius 1 is 1.36 bits per heavy atom. The zero-order valence-corrected chi connectivity index (χ0v) is 9.24. The lowest BCUT2D eigenvalue weighted by atomic mass is 9.84. The van der Waals surface area contributed by atoms with E-state index in [-0.39, 0.29) is 6.10 Å². The molecule has 1 rings (SSSR count). The van der Waals surface area contributed by atoms with E-state index in [1.165, 1.54) is 19.3 Å². The number of ether oxygens (including phenoxy) is 2. The Labute approximate surface area is 86.4 Å². The quantitative estimate of drug-likeness (QED) is 0.735. The third kappa shape index (κ3) is 3.95. The summed E-state index contributed by atoms with van der Waals surface area (Å²) >= 11 is 0. The molecule has 1 N–H and O–H groups in total. The highest BCUT2D eigenvalue weighted by molar-refractivity contribution is 4.75. The van der Waals surface area contributed by atoms with Gasteiger partial charge in [0.25, 0.3) is 0 Å². The Bertz CT molecular complexity index is 149. The summed E-state index contributed by atoms with van der Waals surface area (Å²) in [6.07, 6.45) is 5.67. The Morgan fingerprint density at radius 3 is 2.79 bits per heavy atom. The normalized spacial score (nSPS) is 30.2. The summed E-state index contributed by atoms with van der Waals surface area (Å²) in [5.74, 6) is 0.610. The van der Waals surface area contributed by atoms with E-state index in [0.29, 0.717) is 18.6 Å². The highest BCUT2D eigenvalue weighted by Crippen LogP contribution is 2.29. The van der Waals surface area contributed by atoms with E-state index >= 15 is 0 Å². The van der Waals surface area contributed by atoms with Crippen LogP contribution in [-0.4, -0.2) is 38.1 Å². The van der Waals surface area contributed by atoms with Crippen LogP contribution >= 0.6 is 0 Å². The molecular formula is C11H22O3. The summed E-state index contributed by atoms with van der Waals surface area (Å²) in [4.78, 5) is 0. The molecular weight excluding hydrogens is 180 g/mol. The average molecular weight is 202 g/mol. The van der Waals surface area contributed by atoms with E-state index in [4.69, 9.17) is 9.47 Å². The minimum absolute atomic E-state index is 0.305. The van der Waals surface area contributed by atoms with Crippen LogP contribution in [0.3, 0.4) is 0 Å². The second-order valence-corrected chi connectivity index (χ2v) is 4.24. The van der Waals surface area contributed by atoms with Crippen LogP contribution in [0.1, 0.15) is 32.1 Å². The number of aliphatic hydroxyl groups is 1. The van der Waals surface area contributed by atoms with Crippen LogP contribution in [0.15, 0.2) is 0 Å². The molecule has 0 bridgehead atoms. The number of rotatable bonds is 5. The van der Waals surface area contributed by atoms with Gasteiger partial charge in [-0.05, 0) is 25.2 Å². The predicted octanol–water partition coefficient (Wildman–Crippen LogP) is 1.59. The van der Waals surface area contributed by atoms with Gasteiger partial charge in [0.2, 0.25) is 0 Å². The van der Waals surface area contributed by atoms with Crippen LogP contribution in [0.4, 0.5) is 0 Å². The van der Waals surface area contributed by atoms with Crippen LogP contribution in [0.2, 0.25) is 0 Å². The van der Waals surface area contributed by atoms with Gasteiger partial charge in [-0.3, -0.25) is 0 Å². The molecule has 1 fully saturated rings. The fraction of sp³-hybridized carbons (Fsp3) is 1.00. The predicted molar refractivity (Wildman–Crippen MR) is 55.3 cm³/mol. The standard InChI is InChI=1S/C11H22O3/c1-13-8-10(12)6-9-4-3-5-11(7-9)14-2/h9-12H,3-8H2,1-2H3. The van der Waals surface area contributed by atoms with Gasteiger partial charge in [-0.25, -0.2) is 0 Å². The van der Waals surface area contributed by atoms with E-state index in [1.54, 1.807) is 14.2 Å². The van der Waals surface area contributed by atoms with Crippen molar-refractivity contribution in [3.63, 3.8) is 0 Å². The fourth-order valence-electron chi connectivity index (χ4n) is 2.32. The first-order chi connectivity index (χ1) is 6.76. The van der Waals surface area contributed by atoms with Crippen molar-refractivity contribution in [2.75, 3.05) is 20.8 Å². The van der Waals surface area contributed by atoms with Gasteiger partial charge >= 0.3 is 0 Å². The molecule has 0 aromatic rings. The molecule has 3 unspecified atom stereocenters. The maximum absolute atomic E-state index is 9.59. The third-order valence-electron chi connectivity index (χ3n) is 3.03. The summed E-state index contributed by atoms with van der Waals surface area (Å²) < 4.78 is 10.3. The van der Waals surface area contributed by atoms with Crippen molar-refractivity contribution in [2.24, 2.45) is 5.92 Å². The molecule has 0 spiro atoms. The summed E-state index contributed by atoms with van der Waals surface area (Å²) in [6, 6.07) is 0. The first kappa shape index (κ1) is 12.0. The summed E-state index contributed by atoms with van der Waals surface area (Å²) in [5.41, 5.74) is 0. The van der Waals surface area contributed by atoms with Gasteiger partial charge < -0.3 is 14.6 Å². The van der Waals surface area contributed by atoms with Crippen LogP contribution in [0, 0.1) is 5.92 Å². The Hall–Kier alpha value is -0.120. The third-order valence-corrected chi connectivity index (χ3v) is 3.03. The highest BCUT2D eigenvalue weighted by Gasteiger charge is 2.23. The van der Waals surface area contributed by atoms with E-state index in [9.17, 15) is 5.11 Å². The van der Waals surface area contributed by atoms with Crippen molar-refractivity contribution in [3.05, 3.63) is 0 Å². The van der Waals surface area contributed by atoms with Crippen LogP contribution in [0.25, 0.3) is 0 Å². The number of hydrogen-bond donors (Lipinski definition) is 1. The summed E-state index contributed by atoms with van der Waals surface area (Å²) in [5, 5.41) is 9.59. The molecule has 0 aromatic carbocycles. The van der Waals surface area contributed by atoms with Crippen LogP contribution in [-0.2, 0) is 9.47 Å². The smallest absolute Gasteiger partial charge is 0.0776 e. The Morgan fingerprint density at radius 2 is 2.14 bits per heavy atom. The Kier molecular flexibility index (Phi) is 5.45. The van der Waals surface area contributed by atoms with Gasteiger partial charge in [0.1, 0.15) is 0 Å². The molecule has 0 saturated heterocycles. The lowest BCUT2D eigenvalue weighted by Gasteiger charge is -2.29. The zero-order chi connectivity index (χ0) is 10.4. The van der Waals surface area contributed by atoms with Crippen molar-refractivity contribution in [3.8, 4) is 0 Å². The minimum Gasteiger partial charge on any atom is -0.391 e. The largest absolute Gasteiger partial charge is 0.391 e. The molecule has 0 heterocycles. The van der Waals surface area contributed by atoms with Gasteiger partial charge in [0.05, 0.1) is 18.8 Å². The monoisotopic (exact) mass is 202 g/mol. The molecule has 0 amide bonds. The van der Waals surface area contributed by atoms with E-state index in [0.717, 1.165) is 12.8 Å². The maximum Gasteiger partial charge on any atom is 0.0776 e. The van der Waals surface area contributed by atoms with E-state index in [2.05, 4.69) is 0 Å². The summed E-state index contributed by atoms with van der Waals surface area (Å²) in [7, 11) is 3.40. The SMILES string of the molecule is COCC(O)CC1CCCC(OC)C1. The molecule has 84 valence electrons. The number of aliphatic hydroxyl groups excluding tert-OH is 1. The van der Waals surface area contributed by atoms with Gasteiger partial charge in [-0.1, -0.05) is 12.8 Å². The second-order valence-electron chi connectivity index (χ2n) is 4.24. The maximum atomic E-state index is 9.59. The molecule has 1 aliphatic rings. The zero-order valence-electron chi connectivity index (χ0n) is 9.24. The molecule has 1 saturated carbocycles. The highest BCUT2D eigenvalue weighted by atomic mass is 16.5. The molecule has 14 heavy (non-hydrogen) atoms. The van der Waals surface area contributed by atoms with E-state index in [1.807, 2.05) is 0 Å². The van der Waals surface area contributed by atoms with Crippen molar-refractivity contribution >= 4 is 0 Å². The molecule has 1 aliphatic carbocycles. The Balaban J connectivity index is 2.22. The average Bonchev–Trinajstić information content (AvgIpc) is 2.18. The summed E-state index contributed by atoms with van der Waals surface area (Å²) in [6.45, 7) is 0.453. The van der Waals surface area contributed by atoms with Crippen molar-refractivity contribution < 1.29 is 14.6 Å². The number of hydrogen-bond acceptors (Lipinski definition) is 3. The lowest BCUT2D eigenvalue weighted by Crippen LogP contribution is -2.26. The number of methoxy groups -OCH3 is 2. The topological polar surface area (TPSA) is 38.7 Å². The molecule has 3 nitrogen and oxygen atoms in total. The molecule has 3 atom stereocenters. The van der Waals surface area contributed by atoms with Crippen LogP contribution in [0.5, 0.6) is 0 Å². The fourth-order valence-corrected chi connectivity index (χ4v) is 2.32. The first-order valence-corrected chi connectivity index (χ1v) is 5.46. The molecule has 0 aromatic heterocycles. The molecule has 3 heteroatoms.